The lowest BCUT2D eigenvalue weighted by molar-refractivity contribution is -0.0470. The summed E-state index contributed by atoms with van der Waals surface area (Å²) in [6.07, 6.45) is 2.82. The van der Waals surface area contributed by atoms with Crippen LogP contribution in [0, 0.1) is 5.82 Å². The summed E-state index contributed by atoms with van der Waals surface area (Å²) in [4.78, 5) is 2.54. The quantitative estimate of drug-likeness (QED) is 0.909. The van der Waals surface area contributed by atoms with Crippen molar-refractivity contribution in [3.8, 4) is 0 Å². The van der Waals surface area contributed by atoms with Crippen molar-refractivity contribution in [1.82, 2.24) is 10.2 Å². The van der Waals surface area contributed by atoms with Gasteiger partial charge in [-0.3, -0.25) is 4.90 Å². The number of nitrogens with one attached hydrogen (secondary N) is 1. The second-order valence-electron chi connectivity index (χ2n) is 5.61. The van der Waals surface area contributed by atoms with Crippen molar-refractivity contribution in [2.75, 3.05) is 26.2 Å². The van der Waals surface area contributed by atoms with Crippen LogP contribution in [0.3, 0.4) is 0 Å². The third-order valence-corrected chi connectivity index (χ3v) is 4.93. The second-order valence-corrected chi connectivity index (χ2v) is 6.47. The lowest BCUT2D eigenvalue weighted by Gasteiger charge is -2.35. The average molecular weight is 343 g/mol. The van der Waals surface area contributed by atoms with E-state index in [2.05, 4.69) is 26.1 Å². The van der Waals surface area contributed by atoms with Gasteiger partial charge in [0, 0.05) is 30.1 Å². The molecule has 3 nitrogen and oxygen atoms in total. The van der Waals surface area contributed by atoms with Crippen LogP contribution in [0.2, 0.25) is 0 Å². The molecule has 2 saturated heterocycles. The van der Waals surface area contributed by atoms with Gasteiger partial charge in [0.1, 0.15) is 5.82 Å². The van der Waals surface area contributed by atoms with Crippen molar-refractivity contribution in [3.05, 3.63) is 34.1 Å². The van der Waals surface area contributed by atoms with Gasteiger partial charge in [-0.25, -0.2) is 4.39 Å². The van der Waals surface area contributed by atoms with Crippen LogP contribution in [0.4, 0.5) is 4.39 Å². The molecule has 2 aliphatic heterocycles. The molecule has 0 bridgehead atoms. The Balaban J connectivity index is 1.47. The smallest absolute Gasteiger partial charge is 0.123 e. The molecule has 0 amide bonds. The van der Waals surface area contributed by atoms with Gasteiger partial charge in [0.05, 0.1) is 12.7 Å². The van der Waals surface area contributed by atoms with E-state index in [1.165, 1.54) is 25.5 Å². The van der Waals surface area contributed by atoms with E-state index >= 15 is 0 Å². The van der Waals surface area contributed by atoms with E-state index in [9.17, 15) is 4.39 Å². The van der Waals surface area contributed by atoms with Crippen LogP contribution in [0.1, 0.15) is 18.4 Å². The first-order chi connectivity index (χ1) is 9.72. The number of fused-ring (bicyclic) bond motifs is 1. The molecule has 2 fully saturated rings. The molecular weight excluding hydrogens is 323 g/mol. The Labute approximate surface area is 127 Å². The Bertz CT molecular complexity index is 471. The predicted molar refractivity (Wildman–Crippen MR) is 80.1 cm³/mol. The van der Waals surface area contributed by atoms with Gasteiger partial charge in [0.2, 0.25) is 0 Å². The third-order valence-electron chi connectivity index (χ3n) is 4.16. The van der Waals surface area contributed by atoms with Gasteiger partial charge in [-0.2, -0.15) is 0 Å². The monoisotopic (exact) mass is 342 g/mol. The SMILES string of the molecule is Fc1ccc(Br)c(CNCC2CN3CCCC3CO2)c1. The minimum atomic E-state index is -0.196. The third kappa shape index (κ3) is 3.39. The number of ether oxygens (including phenoxy) is 1. The van der Waals surface area contributed by atoms with Gasteiger partial charge in [0.15, 0.2) is 0 Å². The molecule has 2 aliphatic rings. The molecule has 20 heavy (non-hydrogen) atoms. The Hall–Kier alpha value is -0.490. The van der Waals surface area contributed by atoms with Crippen molar-refractivity contribution < 1.29 is 9.13 Å². The van der Waals surface area contributed by atoms with E-state index in [1.54, 1.807) is 12.1 Å². The number of hydrogen-bond donors (Lipinski definition) is 1. The van der Waals surface area contributed by atoms with Crippen molar-refractivity contribution in [2.24, 2.45) is 0 Å². The zero-order chi connectivity index (χ0) is 13.9. The number of rotatable bonds is 4. The molecule has 1 N–H and O–H groups in total. The van der Waals surface area contributed by atoms with Crippen LogP contribution in [-0.4, -0.2) is 43.3 Å². The van der Waals surface area contributed by atoms with Gasteiger partial charge in [-0.15, -0.1) is 0 Å². The van der Waals surface area contributed by atoms with Gasteiger partial charge < -0.3 is 10.1 Å². The highest BCUT2D eigenvalue weighted by atomic mass is 79.9. The number of halogens is 2. The summed E-state index contributed by atoms with van der Waals surface area (Å²) >= 11 is 3.45. The van der Waals surface area contributed by atoms with Crippen LogP contribution in [0.5, 0.6) is 0 Å². The number of morpholine rings is 1. The molecule has 1 aromatic carbocycles. The Morgan fingerprint density at radius 2 is 2.35 bits per heavy atom. The minimum Gasteiger partial charge on any atom is -0.374 e. The molecule has 2 atom stereocenters. The highest BCUT2D eigenvalue weighted by molar-refractivity contribution is 9.10. The molecule has 0 radical (unpaired) electrons. The lowest BCUT2D eigenvalue weighted by Crippen LogP contribution is -2.49. The van der Waals surface area contributed by atoms with Crippen LogP contribution >= 0.6 is 15.9 Å². The average Bonchev–Trinajstić information content (AvgIpc) is 2.90. The van der Waals surface area contributed by atoms with Crippen LogP contribution in [-0.2, 0) is 11.3 Å². The van der Waals surface area contributed by atoms with E-state index in [1.807, 2.05) is 0 Å². The summed E-state index contributed by atoms with van der Waals surface area (Å²) in [6.45, 7) is 4.55. The molecule has 0 spiro atoms. The summed E-state index contributed by atoms with van der Waals surface area (Å²) in [5.74, 6) is -0.196. The number of nitrogens with zero attached hydrogens (tertiary/aromatic N) is 1. The molecule has 0 aliphatic carbocycles. The fraction of sp³-hybridized carbons (Fsp3) is 0.600. The zero-order valence-corrected chi connectivity index (χ0v) is 13.0. The Morgan fingerprint density at radius 1 is 1.45 bits per heavy atom. The summed E-state index contributed by atoms with van der Waals surface area (Å²) in [5, 5.41) is 3.37. The first-order valence-corrected chi connectivity index (χ1v) is 8.02. The highest BCUT2D eigenvalue weighted by Gasteiger charge is 2.31. The first kappa shape index (κ1) is 14.4. The molecular formula is C15H20BrFN2O. The topological polar surface area (TPSA) is 24.5 Å². The van der Waals surface area contributed by atoms with E-state index in [4.69, 9.17) is 4.74 Å². The fourth-order valence-electron chi connectivity index (χ4n) is 3.06. The van der Waals surface area contributed by atoms with E-state index in [-0.39, 0.29) is 11.9 Å². The molecule has 0 saturated carbocycles. The number of hydrogen-bond acceptors (Lipinski definition) is 3. The minimum absolute atomic E-state index is 0.196. The van der Waals surface area contributed by atoms with Crippen LogP contribution < -0.4 is 5.32 Å². The molecule has 2 heterocycles. The van der Waals surface area contributed by atoms with Gasteiger partial charge >= 0.3 is 0 Å². The van der Waals surface area contributed by atoms with E-state index < -0.39 is 0 Å². The summed E-state index contributed by atoms with van der Waals surface area (Å²) < 4.78 is 20.0. The van der Waals surface area contributed by atoms with Crippen LogP contribution in [0.15, 0.2) is 22.7 Å². The zero-order valence-electron chi connectivity index (χ0n) is 11.4. The largest absolute Gasteiger partial charge is 0.374 e. The maximum Gasteiger partial charge on any atom is 0.123 e. The normalized spacial score (nSPS) is 26.7. The predicted octanol–water partition coefficient (Wildman–Crippen LogP) is 2.54. The molecule has 2 unspecified atom stereocenters. The molecule has 1 aromatic rings. The summed E-state index contributed by atoms with van der Waals surface area (Å²) in [5.41, 5.74) is 0.944. The van der Waals surface area contributed by atoms with Crippen molar-refractivity contribution in [3.63, 3.8) is 0 Å². The standard InChI is InChI=1S/C15H20BrFN2O/c16-15-4-3-12(17)6-11(15)7-18-8-14-9-19-5-1-2-13(19)10-20-14/h3-4,6,13-14,18H,1-2,5,7-10H2. The van der Waals surface area contributed by atoms with E-state index in [0.717, 1.165) is 29.7 Å². The van der Waals surface area contributed by atoms with Crippen LogP contribution in [0.25, 0.3) is 0 Å². The van der Waals surface area contributed by atoms with Gasteiger partial charge in [0.25, 0.3) is 0 Å². The van der Waals surface area contributed by atoms with Gasteiger partial charge in [-0.05, 0) is 43.1 Å². The lowest BCUT2D eigenvalue weighted by atomic mass is 10.2. The van der Waals surface area contributed by atoms with E-state index in [0.29, 0.717) is 12.6 Å². The molecule has 0 aromatic heterocycles. The fourth-order valence-corrected chi connectivity index (χ4v) is 3.44. The number of benzene rings is 1. The highest BCUT2D eigenvalue weighted by Crippen LogP contribution is 2.22. The van der Waals surface area contributed by atoms with Crippen molar-refractivity contribution >= 4 is 15.9 Å². The Morgan fingerprint density at radius 3 is 3.25 bits per heavy atom. The first-order valence-electron chi connectivity index (χ1n) is 7.22. The maximum absolute atomic E-state index is 13.2. The van der Waals surface area contributed by atoms with Crippen molar-refractivity contribution in [1.29, 1.82) is 0 Å². The Kier molecular flexibility index (Phi) is 4.71. The molecule has 3 rings (SSSR count). The summed E-state index contributed by atoms with van der Waals surface area (Å²) in [6, 6.07) is 5.42. The molecule has 110 valence electrons. The van der Waals surface area contributed by atoms with Gasteiger partial charge in [-0.1, -0.05) is 15.9 Å². The second kappa shape index (κ2) is 6.52. The summed E-state index contributed by atoms with van der Waals surface area (Å²) in [7, 11) is 0. The molecule has 5 heteroatoms. The maximum atomic E-state index is 13.2. The van der Waals surface area contributed by atoms with Crippen molar-refractivity contribution in [2.45, 2.75) is 31.5 Å².